The fraction of sp³-hybridized carbons (Fsp3) is 0.559. The van der Waals surface area contributed by atoms with Crippen LogP contribution < -0.4 is 10.4 Å². The van der Waals surface area contributed by atoms with Crippen molar-refractivity contribution in [2.24, 2.45) is 0 Å². The lowest BCUT2D eigenvalue weighted by Crippen LogP contribution is -2.95. The Labute approximate surface area is 255 Å². The second-order valence-electron chi connectivity index (χ2n) is 12.0. The van der Waals surface area contributed by atoms with Crippen LogP contribution in [0.2, 0.25) is 0 Å². The number of amides is 2. The van der Waals surface area contributed by atoms with Crippen molar-refractivity contribution in [3.8, 4) is 0 Å². The van der Waals surface area contributed by atoms with E-state index in [1.807, 2.05) is 48.5 Å². The van der Waals surface area contributed by atoms with Crippen LogP contribution in [-0.2, 0) is 27.5 Å². The van der Waals surface area contributed by atoms with Crippen molar-refractivity contribution in [3.63, 3.8) is 0 Å². The molecule has 5 rings (SSSR count). The second kappa shape index (κ2) is 17.5. The van der Waals surface area contributed by atoms with E-state index in [4.69, 9.17) is 9.47 Å². The molecule has 1 atom stereocenters. The van der Waals surface area contributed by atoms with Crippen LogP contribution in [0.25, 0.3) is 0 Å². The lowest BCUT2D eigenvalue weighted by Gasteiger charge is -2.28. The summed E-state index contributed by atoms with van der Waals surface area (Å²) in [4.78, 5) is 38.5. The van der Waals surface area contributed by atoms with Crippen molar-refractivity contribution in [1.82, 2.24) is 9.80 Å². The molecule has 9 nitrogen and oxygen atoms in total. The summed E-state index contributed by atoms with van der Waals surface area (Å²) in [5.41, 5.74) is 1.65. The highest BCUT2D eigenvalue weighted by Gasteiger charge is 2.34. The van der Waals surface area contributed by atoms with E-state index in [1.54, 1.807) is 12.1 Å². The molecule has 0 radical (unpaired) electrons. The van der Waals surface area contributed by atoms with Crippen LogP contribution >= 0.6 is 0 Å². The highest BCUT2D eigenvalue weighted by Crippen LogP contribution is 2.20. The third kappa shape index (κ3) is 11.2. The van der Waals surface area contributed by atoms with E-state index >= 15 is 0 Å². The van der Waals surface area contributed by atoms with E-state index in [0.717, 1.165) is 28.1 Å². The number of aliphatic carboxylic acids is 1. The number of benzene rings is 2. The normalized spacial score (nSPS) is 19.2. The second-order valence-corrected chi connectivity index (χ2v) is 12.0. The third-order valence-electron chi connectivity index (χ3n) is 8.65. The predicted molar refractivity (Wildman–Crippen MR) is 161 cm³/mol. The Kier molecular flexibility index (Phi) is 13.2. The van der Waals surface area contributed by atoms with E-state index in [-0.39, 0.29) is 19.8 Å². The molecule has 2 aromatic carbocycles. The Bertz CT molecular complexity index is 1100. The number of carbonyl (C=O) groups is 3. The number of quaternary nitrogens is 1. The Balaban J connectivity index is 0.000000269. The standard InChI is InChI=1S/C22H24N2O6.C12H23N/c25-20(26)14-24(22(28)30-16-18-9-5-2-6-10-18)19-11-12-23(13-19)21(27)29-15-17-7-3-1-4-8-17;1-3-7-11(8-4-1)13-12-9-5-2-6-10-12/h1-10,19H,11-16H2,(H,25,26);11-13H,1-10H2. The number of ether oxygens (including phenoxy) is 2. The molecule has 2 aliphatic carbocycles. The van der Waals surface area contributed by atoms with Crippen LogP contribution in [0.15, 0.2) is 60.7 Å². The third-order valence-corrected chi connectivity index (χ3v) is 8.65. The molecule has 2 aromatic rings. The van der Waals surface area contributed by atoms with Gasteiger partial charge in [-0.15, -0.1) is 0 Å². The zero-order valence-electron chi connectivity index (χ0n) is 25.2. The van der Waals surface area contributed by atoms with Gasteiger partial charge in [-0.3, -0.25) is 4.90 Å². The van der Waals surface area contributed by atoms with E-state index < -0.39 is 30.7 Å². The van der Waals surface area contributed by atoms with Crippen molar-refractivity contribution < 1.29 is 34.3 Å². The Morgan fingerprint density at radius 1 is 0.744 bits per heavy atom. The molecule has 43 heavy (non-hydrogen) atoms. The smallest absolute Gasteiger partial charge is 0.410 e. The first-order chi connectivity index (χ1) is 21.0. The van der Waals surface area contributed by atoms with E-state index in [9.17, 15) is 19.5 Å². The van der Waals surface area contributed by atoms with Crippen molar-refractivity contribution in [2.75, 3.05) is 19.6 Å². The minimum atomic E-state index is -1.39. The number of carboxylic acid groups (broad SMARTS) is 1. The summed E-state index contributed by atoms with van der Waals surface area (Å²) in [7, 11) is 0. The monoisotopic (exact) mass is 593 g/mol. The zero-order valence-corrected chi connectivity index (χ0v) is 25.2. The van der Waals surface area contributed by atoms with Crippen LogP contribution in [0.3, 0.4) is 0 Å². The maximum atomic E-state index is 12.5. The van der Waals surface area contributed by atoms with Gasteiger partial charge in [0.2, 0.25) is 0 Å². The van der Waals surface area contributed by atoms with Crippen LogP contribution in [0, 0.1) is 0 Å². The molecule has 2 N–H and O–H groups in total. The van der Waals surface area contributed by atoms with Gasteiger partial charge in [0.25, 0.3) is 0 Å². The lowest BCUT2D eigenvalue weighted by molar-refractivity contribution is -0.725. The molecule has 1 aliphatic heterocycles. The summed E-state index contributed by atoms with van der Waals surface area (Å²) in [6.07, 6.45) is 14.1. The molecule has 2 amide bonds. The number of rotatable bonds is 9. The minimum Gasteiger partial charge on any atom is -0.548 e. The van der Waals surface area contributed by atoms with Crippen molar-refractivity contribution in [3.05, 3.63) is 71.8 Å². The van der Waals surface area contributed by atoms with Crippen molar-refractivity contribution in [2.45, 2.75) is 102 Å². The summed E-state index contributed by atoms with van der Waals surface area (Å²) < 4.78 is 10.6. The fourth-order valence-electron chi connectivity index (χ4n) is 6.29. The van der Waals surface area contributed by atoms with Gasteiger partial charge >= 0.3 is 12.2 Å². The number of nitrogens with zero attached hydrogens (tertiary/aromatic N) is 2. The van der Waals surface area contributed by atoms with Gasteiger partial charge in [0.15, 0.2) is 0 Å². The summed E-state index contributed by atoms with van der Waals surface area (Å²) >= 11 is 0. The Hall–Kier alpha value is -3.59. The van der Waals surface area contributed by atoms with Gasteiger partial charge in [-0.2, -0.15) is 0 Å². The van der Waals surface area contributed by atoms with E-state index in [1.165, 1.54) is 69.1 Å². The first-order valence-corrected chi connectivity index (χ1v) is 16.0. The summed E-state index contributed by atoms with van der Waals surface area (Å²) in [5.74, 6) is -1.39. The molecule has 3 fully saturated rings. The number of carbonyl (C=O) groups excluding carboxylic acids is 3. The molecule has 9 heteroatoms. The average Bonchev–Trinajstić information content (AvgIpc) is 3.54. The molecule has 0 spiro atoms. The molecule has 2 saturated carbocycles. The van der Waals surface area contributed by atoms with Crippen molar-refractivity contribution in [1.29, 1.82) is 0 Å². The molecule has 1 unspecified atom stereocenters. The van der Waals surface area contributed by atoms with Gasteiger partial charge in [-0.05, 0) is 68.9 Å². The van der Waals surface area contributed by atoms with E-state index in [0.29, 0.717) is 13.0 Å². The molecular formula is C34H47N3O6. The summed E-state index contributed by atoms with van der Waals surface area (Å²) in [6, 6.07) is 19.9. The van der Waals surface area contributed by atoms with Crippen LogP contribution in [0.4, 0.5) is 9.59 Å². The van der Waals surface area contributed by atoms with Crippen LogP contribution in [0.1, 0.15) is 81.8 Å². The van der Waals surface area contributed by atoms with Crippen LogP contribution in [0.5, 0.6) is 0 Å². The summed E-state index contributed by atoms with van der Waals surface area (Å²) in [5, 5.41) is 13.9. The Morgan fingerprint density at radius 3 is 1.77 bits per heavy atom. The van der Waals surface area contributed by atoms with Gasteiger partial charge < -0.3 is 29.6 Å². The topological polar surface area (TPSA) is 116 Å². The molecule has 3 aliphatic rings. The molecular weight excluding hydrogens is 546 g/mol. The maximum Gasteiger partial charge on any atom is 0.410 e. The number of nitrogens with two attached hydrogens (primary N) is 1. The zero-order chi connectivity index (χ0) is 30.3. The fourth-order valence-corrected chi connectivity index (χ4v) is 6.29. The van der Waals surface area contributed by atoms with E-state index in [2.05, 4.69) is 5.32 Å². The molecule has 1 saturated heterocycles. The SMILES string of the molecule is C1CCC([NH2+]C2CCCCC2)CC1.O=C([O-])CN(C(=O)OCc1ccccc1)C1CCN(C(=O)OCc2ccccc2)C1. The van der Waals surface area contributed by atoms with Crippen LogP contribution in [-0.4, -0.2) is 65.7 Å². The van der Waals surface area contributed by atoms with Gasteiger partial charge in [-0.25, -0.2) is 9.59 Å². The average molecular weight is 594 g/mol. The number of hydrogen-bond acceptors (Lipinski definition) is 6. The molecule has 1 heterocycles. The number of likely N-dealkylation sites (tertiary alicyclic amines) is 1. The number of carboxylic acids is 1. The molecule has 0 bridgehead atoms. The Morgan fingerprint density at radius 2 is 1.26 bits per heavy atom. The van der Waals surface area contributed by atoms with Gasteiger partial charge in [-0.1, -0.05) is 73.5 Å². The largest absolute Gasteiger partial charge is 0.548 e. The lowest BCUT2D eigenvalue weighted by atomic mass is 9.91. The maximum absolute atomic E-state index is 12.5. The van der Waals surface area contributed by atoms with Gasteiger partial charge in [0.05, 0.1) is 30.6 Å². The van der Waals surface area contributed by atoms with Gasteiger partial charge in [0, 0.05) is 13.1 Å². The highest BCUT2D eigenvalue weighted by molar-refractivity contribution is 5.76. The number of hydrogen-bond donors (Lipinski definition) is 1. The molecule has 0 aromatic heterocycles. The minimum absolute atomic E-state index is 0.0266. The quantitative estimate of drug-likeness (QED) is 0.470. The first-order valence-electron chi connectivity index (χ1n) is 16.0. The van der Waals surface area contributed by atoms with Gasteiger partial charge in [0.1, 0.15) is 13.2 Å². The van der Waals surface area contributed by atoms with Crippen molar-refractivity contribution >= 4 is 18.2 Å². The highest BCUT2D eigenvalue weighted by atomic mass is 16.6. The predicted octanol–water partition coefficient (Wildman–Crippen LogP) is 4.00. The first kappa shape index (κ1) is 32.3. The molecule has 234 valence electrons. The summed E-state index contributed by atoms with van der Waals surface area (Å²) in [6.45, 7) is 0.0851.